The van der Waals surface area contributed by atoms with Gasteiger partial charge in [0, 0.05) is 17.7 Å². The molecule has 6 nitrogen and oxygen atoms in total. The number of amides is 1. The van der Waals surface area contributed by atoms with E-state index in [0.29, 0.717) is 31.1 Å². The van der Waals surface area contributed by atoms with Crippen LogP contribution in [-0.4, -0.2) is 47.5 Å². The van der Waals surface area contributed by atoms with E-state index < -0.39 is 0 Å². The molecule has 0 aliphatic carbocycles. The van der Waals surface area contributed by atoms with Crippen molar-refractivity contribution in [3.05, 3.63) is 35.1 Å². The Morgan fingerprint density at radius 2 is 2.38 bits per heavy atom. The third kappa shape index (κ3) is 4.25. The SMILES string of the molecule is CSc1nc(C(=O)N[C@H]2CCOC[C@H]2Oc2ccc(C)nc2)cs1. The van der Waals surface area contributed by atoms with Crippen molar-refractivity contribution in [3.63, 3.8) is 0 Å². The molecular weight excluding hydrogens is 346 g/mol. The maximum atomic E-state index is 12.4. The van der Waals surface area contributed by atoms with Crippen LogP contribution in [0.25, 0.3) is 0 Å². The molecule has 0 spiro atoms. The third-order valence-electron chi connectivity index (χ3n) is 3.68. The van der Waals surface area contributed by atoms with E-state index in [1.165, 1.54) is 23.1 Å². The molecule has 1 amide bonds. The van der Waals surface area contributed by atoms with Crippen molar-refractivity contribution in [2.24, 2.45) is 0 Å². The van der Waals surface area contributed by atoms with Gasteiger partial charge in [0.1, 0.15) is 21.9 Å². The van der Waals surface area contributed by atoms with E-state index in [4.69, 9.17) is 9.47 Å². The molecule has 1 aliphatic rings. The van der Waals surface area contributed by atoms with Gasteiger partial charge in [-0.25, -0.2) is 4.98 Å². The molecule has 0 radical (unpaired) electrons. The number of nitrogens with one attached hydrogen (secondary N) is 1. The van der Waals surface area contributed by atoms with Crippen LogP contribution in [0.3, 0.4) is 0 Å². The number of pyridine rings is 1. The minimum Gasteiger partial charge on any atom is -0.484 e. The van der Waals surface area contributed by atoms with E-state index in [2.05, 4.69) is 15.3 Å². The summed E-state index contributed by atoms with van der Waals surface area (Å²) in [4.78, 5) is 20.9. The largest absolute Gasteiger partial charge is 0.484 e. The summed E-state index contributed by atoms with van der Waals surface area (Å²) >= 11 is 3.00. The van der Waals surface area contributed by atoms with Crippen LogP contribution >= 0.6 is 23.1 Å². The predicted octanol–water partition coefficient (Wildman–Crippen LogP) is 2.53. The number of hydrogen-bond acceptors (Lipinski definition) is 7. The van der Waals surface area contributed by atoms with Gasteiger partial charge in [0.25, 0.3) is 5.91 Å². The Kier molecular flexibility index (Phi) is 5.70. The minimum absolute atomic E-state index is 0.119. The fourth-order valence-corrected chi connectivity index (χ4v) is 3.63. The van der Waals surface area contributed by atoms with Crippen LogP contribution in [0, 0.1) is 6.92 Å². The van der Waals surface area contributed by atoms with Gasteiger partial charge in [-0.1, -0.05) is 11.8 Å². The first-order valence-electron chi connectivity index (χ1n) is 7.63. The van der Waals surface area contributed by atoms with Crippen molar-refractivity contribution < 1.29 is 14.3 Å². The molecule has 1 saturated heterocycles. The van der Waals surface area contributed by atoms with E-state index in [1.807, 2.05) is 25.3 Å². The van der Waals surface area contributed by atoms with Crippen LogP contribution in [0.1, 0.15) is 22.6 Å². The molecule has 3 rings (SSSR count). The van der Waals surface area contributed by atoms with Crippen molar-refractivity contribution in [2.75, 3.05) is 19.5 Å². The lowest BCUT2D eigenvalue weighted by Gasteiger charge is -2.32. The maximum Gasteiger partial charge on any atom is 0.271 e. The lowest BCUT2D eigenvalue weighted by atomic mass is 10.1. The average Bonchev–Trinajstić information content (AvgIpc) is 3.08. The summed E-state index contributed by atoms with van der Waals surface area (Å²) in [7, 11) is 0. The second-order valence-electron chi connectivity index (χ2n) is 5.44. The number of aryl methyl sites for hydroxylation is 1. The second-order valence-corrected chi connectivity index (χ2v) is 7.35. The van der Waals surface area contributed by atoms with E-state index in [0.717, 1.165) is 10.0 Å². The summed E-state index contributed by atoms with van der Waals surface area (Å²) in [5.74, 6) is 0.503. The first-order chi connectivity index (χ1) is 11.7. The van der Waals surface area contributed by atoms with Gasteiger partial charge in [-0.05, 0) is 31.7 Å². The molecule has 1 N–H and O–H groups in total. The molecule has 0 aromatic carbocycles. The van der Waals surface area contributed by atoms with E-state index in [1.54, 1.807) is 11.6 Å². The van der Waals surface area contributed by atoms with Gasteiger partial charge in [0.2, 0.25) is 0 Å². The van der Waals surface area contributed by atoms with Crippen LogP contribution in [0.2, 0.25) is 0 Å². The Morgan fingerprint density at radius 3 is 3.08 bits per heavy atom. The van der Waals surface area contributed by atoms with Gasteiger partial charge in [0.05, 0.1) is 18.8 Å². The zero-order valence-corrected chi connectivity index (χ0v) is 15.2. The molecule has 128 valence electrons. The van der Waals surface area contributed by atoms with Crippen molar-refractivity contribution in [2.45, 2.75) is 29.8 Å². The Hall–Kier alpha value is -1.64. The zero-order chi connectivity index (χ0) is 16.9. The molecule has 3 heterocycles. The number of carbonyl (C=O) groups is 1. The first kappa shape index (κ1) is 17.2. The van der Waals surface area contributed by atoms with E-state index in [9.17, 15) is 4.79 Å². The zero-order valence-electron chi connectivity index (χ0n) is 13.5. The highest BCUT2D eigenvalue weighted by Gasteiger charge is 2.29. The first-order valence-corrected chi connectivity index (χ1v) is 9.73. The van der Waals surface area contributed by atoms with Gasteiger partial charge in [-0.2, -0.15) is 0 Å². The summed E-state index contributed by atoms with van der Waals surface area (Å²) in [5.41, 5.74) is 1.38. The van der Waals surface area contributed by atoms with Gasteiger partial charge in [-0.15, -0.1) is 11.3 Å². The molecule has 1 fully saturated rings. The van der Waals surface area contributed by atoms with Crippen LogP contribution in [0.15, 0.2) is 28.0 Å². The molecule has 0 bridgehead atoms. The Balaban J connectivity index is 1.65. The number of thioether (sulfide) groups is 1. The number of carbonyl (C=O) groups excluding carboxylic acids is 1. The number of rotatable bonds is 5. The molecule has 0 unspecified atom stereocenters. The van der Waals surface area contributed by atoms with Crippen LogP contribution < -0.4 is 10.1 Å². The normalized spacial score (nSPS) is 20.6. The highest BCUT2D eigenvalue weighted by atomic mass is 32.2. The van der Waals surface area contributed by atoms with Crippen molar-refractivity contribution in [1.29, 1.82) is 0 Å². The summed E-state index contributed by atoms with van der Waals surface area (Å²) in [5, 5.41) is 4.80. The smallest absolute Gasteiger partial charge is 0.271 e. The number of aromatic nitrogens is 2. The predicted molar refractivity (Wildman–Crippen MR) is 94.0 cm³/mol. The number of hydrogen-bond donors (Lipinski definition) is 1. The van der Waals surface area contributed by atoms with Crippen molar-refractivity contribution >= 4 is 29.0 Å². The van der Waals surface area contributed by atoms with Crippen LogP contribution in [-0.2, 0) is 4.74 Å². The third-order valence-corrected chi connectivity index (χ3v) is 5.55. The lowest BCUT2D eigenvalue weighted by Crippen LogP contribution is -2.51. The van der Waals surface area contributed by atoms with Gasteiger partial charge >= 0.3 is 0 Å². The lowest BCUT2D eigenvalue weighted by molar-refractivity contribution is -0.0136. The summed E-state index contributed by atoms with van der Waals surface area (Å²) in [6, 6.07) is 3.65. The number of nitrogens with zero attached hydrogens (tertiary/aromatic N) is 2. The summed E-state index contributed by atoms with van der Waals surface area (Å²) < 4.78 is 12.3. The average molecular weight is 365 g/mol. The molecule has 2 atom stereocenters. The van der Waals surface area contributed by atoms with Gasteiger partial charge in [-0.3, -0.25) is 9.78 Å². The molecule has 2 aromatic heterocycles. The number of thiazole rings is 1. The summed E-state index contributed by atoms with van der Waals surface area (Å²) in [6.07, 6.45) is 4.09. The Morgan fingerprint density at radius 1 is 1.50 bits per heavy atom. The van der Waals surface area contributed by atoms with Crippen LogP contribution in [0.4, 0.5) is 0 Å². The molecule has 24 heavy (non-hydrogen) atoms. The highest BCUT2D eigenvalue weighted by Crippen LogP contribution is 2.21. The van der Waals surface area contributed by atoms with Crippen molar-refractivity contribution in [3.8, 4) is 5.75 Å². The van der Waals surface area contributed by atoms with E-state index >= 15 is 0 Å². The molecule has 8 heteroatoms. The molecule has 0 saturated carbocycles. The number of ether oxygens (including phenoxy) is 2. The summed E-state index contributed by atoms with van der Waals surface area (Å²) in [6.45, 7) is 2.96. The quantitative estimate of drug-likeness (QED) is 0.821. The fraction of sp³-hybridized carbons (Fsp3) is 0.438. The molecular formula is C16H19N3O3S2. The van der Waals surface area contributed by atoms with Gasteiger partial charge in [0.15, 0.2) is 0 Å². The maximum absolute atomic E-state index is 12.4. The fourth-order valence-electron chi connectivity index (χ4n) is 2.39. The standard InChI is InChI=1S/C16H19N3O3S2/c1-10-3-4-11(7-17-10)22-14-8-21-6-5-12(14)18-15(20)13-9-24-16(19-13)23-2/h3-4,7,9,12,14H,5-6,8H2,1-2H3,(H,18,20)/t12-,14+/m0/s1. The minimum atomic E-state index is -0.245. The van der Waals surface area contributed by atoms with Gasteiger partial charge < -0.3 is 14.8 Å². The highest BCUT2D eigenvalue weighted by molar-refractivity contribution is 8.00. The topological polar surface area (TPSA) is 73.3 Å². The Labute approximate surface area is 149 Å². The monoisotopic (exact) mass is 365 g/mol. The Bertz CT molecular complexity index is 690. The van der Waals surface area contributed by atoms with E-state index in [-0.39, 0.29) is 18.1 Å². The van der Waals surface area contributed by atoms with Crippen LogP contribution in [0.5, 0.6) is 5.75 Å². The van der Waals surface area contributed by atoms with Crippen molar-refractivity contribution in [1.82, 2.24) is 15.3 Å². The molecule has 1 aliphatic heterocycles. The second kappa shape index (κ2) is 7.96. The molecule has 2 aromatic rings.